The van der Waals surface area contributed by atoms with Crippen molar-refractivity contribution < 1.29 is 37.6 Å². The van der Waals surface area contributed by atoms with Crippen LogP contribution in [0.1, 0.15) is 48.9 Å². The lowest BCUT2D eigenvalue weighted by Crippen LogP contribution is -2.62. The topological polar surface area (TPSA) is 84.5 Å². The van der Waals surface area contributed by atoms with Crippen LogP contribution >= 0.6 is 0 Å². The monoisotopic (exact) mass is 725 g/mol. The molecule has 1 fully saturated rings. The summed E-state index contributed by atoms with van der Waals surface area (Å²) in [7, 11) is 0. The van der Waals surface area contributed by atoms with Crippen molar-refractivity contribution in [1.29, 1.82) is 0 Å². The summed E-state index contributed by atoms with van der Waals surface area (Å²) < 4.78 is 55.1. The molecule has 282 valence electrons. The normalized spacial score (nSPS) is 21.3. The van der Waals surface area contributed by atoms with Crippen LogP contribution in [-0.2, 0) is 59.6 Å². The van der Waals surface area contributed by atoms with Crippen molar-refractivity contribution in [1.82, 2.24) is 5.32 Å². The standard InChI is InChI=1S/C44H52FNO7/c1-3-5-26-37(45)38(46-40(47)4-2)31-52-44-43(51-30-36-24-16-9-17-25-36)42(50-29-35-22-14-8-15-23-35)41(49-28-34-20-12-7-13-21-34)39(53-44)32-48-27-33-18-10-6-11-19-33/h5-26,37-39,41-44H,3-4,27-32H2,1-2H3,(H,46,47)/b26-5+/t37-,38+,39?,41+,42?,43-,44-/m1/s1. The molecule has 1 heterocycles. The number of alkyl halides is 1. The molecule has 8 nitrogen and oxygen atoms in total. The van der Waals surface area contributed by atoms with E-state index in [0.717, 1.165) is 22.3 Å². The summed E-state index contributed by atoms with van der Waals surface area (Å²) in [6, 6.07) is 38.6. The van der Waals surface area contributed by atoms with Gasteiger partial charge in [0.05, 0.1) is 45.7 Å². The van der Waals surface area contributed by atoms with Crippen molar-refractivity contribution in [3.63, 3.8) is 0 Å². The van der Waals surface area contributed by atoms with Crippen LogP contribution in [0.2, 0.25) is 0 Å². The molecule has 0 radical (unpaired) electrons. The Morgan fingerprint density at radius 2 is 1.15 bits per heavy atom. The molecule has 4 aromatic carbocycles. The fraction of sp³-hybridized carbons (Fsp3) is 0.386. The molecule has 9 heteroatoms. The van der Waals surface area contributed by atoms with E-state index < -0.39 is 42.9 Å². The molecule has 1 aliphatic heterocycles. The minimum absolute atomic E-state index is 0.159. The maximum absolute atomic E-state index is 15.6. The first-order chi connectivity index (χ1) is 26.0. The van der Waals surface area contributed by atoms with Crippen molar-refractivity contribution in [3.05, 3.63) is 156 Å². The Hall–Kier alpha value is -4.22. The SMILES string of the molecule is CC/C=C/[C@@H](F)[C@H](CO[C@@H]1OC(COCc2ccccc2)[C@H](OCc2ccccc2)C(OCc2ccccc2)[C@H]1OCc1ccccc1)NC(=O)CC. The molecule has 2 unspecified atom stereocenters. The molecule has 0 aliphatic carbocycles. The number of halogens is 1. The molecule has 1 aliphatic rings. The van der Waals surface area contributed by atoms with Gasteiger partial charge in [-0.3, -0.25) is 4.79 Å². The lowest BCUT2D eigenvalue weighted by molar-refractivity contribution is -0.329. The second-order valence-electron chi connectivity index (χ2n) is 13.0. The molecule has 0 saturated carbocycles. The third-order valence-corrected chi connectivity index (χ3v) is 8.89. The van der Waals surface area contributed by atoms with Crippen LogP contribution in [-0.4, -0.2) is 62.0 Å². The number of nitrogens with one attached hydrogen (secondary N) is 1. The van der Waals surface area contributed by atoms with Crippen LogP contribution in [0, 0.1) is 0 Å². The van der Waals surface area contributed by atoms with Gasteiger partial charge in [0.25, 0.3) is 0 Å². The van der Waals surface area contributed by atoms with Crippen LogP contribution in [0.15, 0.2) is 133 Å². The summed E-state index contributed by atoms with van der Waals surface area (Å²) in [5.74, 6) is -0.279. The molecule has 1 saturated heterocycles. The molecule has 0 spiro atoms. The van der Waals surface area contributed by atoms with Crippen LogP contribution < -0.4 is 5.32 Å². The number of amides is 1. The van der Waals surface area contributed by atoms with E-state index in [2.05, 4.69) is 5.32 Å². The van der Waals surface area contributed by atoms with E-state index >= 15 is 4.39 Å². The van der Waals surface area contributed by atoms with Crippen molar-refractivity contribution in [2.45, 2.75) is 96.0 Å². The average molecular weight is 726 g/mol. The number of ether oxygens (including phenoxy) is 6. The molecular formula is C44H52FNO7. The fourth-order valence-electron chi connectivity index (χ4n) is 6.00. The highest BCUT2D eigenvalue weighted by Gasteiger charge is 2.49. The van der Waals surface area contributed by atoms with E-state index in [1.807, 2.05) is 128 Å². The van der Waals surface area contributed by atoms with Gasteiger partial charge in [0.1, 0.15) is 30.6 Å². The van der Waals surface area contributed by atoms with Crippen LogP contribution in [0.25, 0.3) is 0 Å². The Morgan fingerprint density at radius 1 is 0.679 bits per heavy atom. The molecule has 4 aromatic rings. The van der Waals surface area contributed by atoms with Gasteiger partial charge in [0.2, 0.25) is 5.91 Å². The Kier molecular flexibility index (Phi) is 16.7. The number of carbonyl (C=O) groups is 1. The van der Waals surface area contributed by atoms with E-state index in [0.29, 0.717) is 19.6 Å². The van der Waals surface area contributed by atoms with Gasteiger partial charge in [0, 0.05) is 6.42 Å². The number of hydrogen-bond acceptors (Lipinski definition) is 7. The van der Waals surface area contributed by atoms with Crippen LogP contribution in [0.4, 0.5) is 4.39 Å². The maximum atomic E-state index is 15.6. The second kappa shape index (κ2) is 22.1. The van der Waals surface area contributed by atoms with E-state index in [1.54, 1.807) is 13.0 Å². The summed E-state index contributed by atoms with van der Waals surface area (Å²) in [5.41, 5.74) is 3.93. The van der Waals surface area contributed by atoms with Crippen molar-refractivity contribution in [2.75, 3.05) is 13.2 Å². The molecule has 0 aromatic heterocycles. The quantitative estimate of drug-likeness (QED) is 0.0875. The van der Waals surface area contributed by atoms with Crippen LogP contribution in [0.5, 0.6) is 0 Å². The summed E-state index contributed by atoms with van der Waals surface area (Å²) >= 11 is 0. The smallest absolute Gasteiger partial charge is 0.220 e. The number of benzene rings is 4. The molecule has 1 N–H and O–H groups in total. The largest absolute Gasteiger partial charge is 0.374 e. The van der Waals surface area contributed by atoms with Gasteiger partial charge < -0.3 is 33.7 Å². The second-order valence-corrected chi connectivity index (χ2v) is 13.0. The van der Waals surface area contributed by atoms with Crippen LogP contribution in [0.3, 0.4) is 0 Å². The number of rotatable bonds is 21. The van der Waals surface area contributed by atoms with E-state index in [-0.39, 0.29) is 38.8 Å². The third-order valence-electron chi connectivity index (χ3n) is 8.89. The number of allylic oxidation sites excluding steroid dienone is 1. The summed E-state index contributed by atoms with van der Waals surface area (Å²) in [4.78, 5) is 12.5. The predicted molar refractivity (Wildman–Crippen MR) is 202 cm³/mol. The van der Waals surface area contributed by atoms with Gasteiger partial charge in [-0.25, -0.2) is 4.39 Å². The van der Waals surface area contributed by atoms with E-state index in [4.69, 9.17) is 28.4 Å². The number of hydrogen-bond donors (Lipinski definition) is 1. The molecular weight excluding hydrogens is 673 g/mol. The molecule has 1 amide bonds. The highest BCUT2D eigenvalue weighted by molar-refractivity contribution is 5.75. The molecule has 0 bridgehead atoms. The summed E-state index contributed by atoms with van der Waals surface area (Å²) in [5, 5.41) is 2.79. The Morgan fingerprint density at radius 3 is 1.64 bits per heavy atom. The van der Waals surface area contributed by atoms with Gasteiger partial charge in [-0.2, -0.15) is 0 Å². The first-order valence-electron chi connectivity index (χ1n) is 18.5. The van der Waals surface area contributed by atoms with Gasteiger partial charge in [0.15, 0.2) is 6.29 Å². The fourth-order valence-corrected chi connectivity index (χ4v) is 6.00. The zero-order valence-corrected chi connectivity index (χ0v) is 30.6. The zero-order valence-electron chi connectivity index (χ0n) is 30.6. The van der Waals surface area contributed by atoms with Crippen molar-refractivity contribution in [3.8, 4) is 0 Å². The first-order valence-corrected chi connectivity index (χ1v) is 18.5. The highest BCUT2D eigenvalue weighted by atomic mass is 19.1. The minimum atomic E-state index is -1.48. The Balaban J connectivity index is 1.47. The predicted octanol–water partition coefficient (Wildman–Crippen LogP) is 7.90. The third kappa shape index (κ3) is 13.0. The van der Waals surface area contributed by atoms with Gasteiger partial charge >= 0.3 is 0 Å². The van der Waals surface area contributed by atoms with Gasteiger partial charge in [-0.05, 0) is 28.7 Å². The van der Waals surface area contributed by atoms with E-state index in [1.165, 1.54) is 6.08 Å². The van der Waals surface area contributed by atoms with Crippen molar-refractivity contribution >= 4 is 5.91 Å². The lowest BCUT2D eigenvalue weighted by atomic mass is 9.97. The Bertz CT molecular complexity index is 1610. The molecule has 5 rings (SSSR count). The van der Waals surface area contributed by atoms with E-state index in [9.17, 15) is 4.79 Å². The first kappa shape index (κ1) is 40.0. The average Bonchev–Trinajstić information content (AvgIpc) is 3.21. The van der Waals surface area contributed by atoms with Crippen molar-refractivity contribution in [2.24, 2.45) is 0 Å². The maximum Gasteiger partial charge on any atom is 0.220 e. The Labute approximate surface area is 313 Å². The minimum Gasteiger partial charge on any atom is -0.374 e. The van der Waals surface area contributed by atoms with Gasteiger partial charge in [-0.1, -0.05) is 147 Å². The van der Waals surface area contributed by atoms with Gasteiger partial charge in [-0.15, -0.1) is 0 Å². The summed E-state index contributed by atoms with van der Waals surface area (Å²) in [6.07, 6.45) is -1.25. The molecule has 7 atom stereocenters. The molecule has 53 heavy (non-hydrogen) atoms. The highest BCUT2D eigenvalue weighted by Crippen LogP contribution is 2.32. The zero-order chi connectivity index (χ0) is 37.1. The lowest BCUT2D eigenvalue weighted by Gasteiger charge is -2.46. The summed E-state index contributed by atoms with van der Waals surface area (Å²) in [6.45, 7) is 4.81. The number of carbonyl (C=O) groups excluding carboxylic acids is 1.